The lowest BCUT2D eigenvalue weighted by Gasteiger charge is -2.28. The fraction of sp³-hybridized carbons (Fsp3) is 0.231. The Morgan fingerprint density at radius 1 is 1.00 bits per heavy atom. The highest BCUT2D eigenvalue weighted by Crippen LogP contribution is 2.42. The lowest BCUT2D eigenvalue weighted by atomic mass is 9.78. The maximum Gasteiger partial charge on any atom is 0.235 e. The van der Waals surface area contributed by atoms with Crippen LogP contribution in [-0.2, 0) is 16.6 Å². The Kier molecular flexibility index (Phi) is 5.24. The number of benzene rings is 3. The molecule has 5 rings (SSSR count). The quantitative estimate of drug-likeness (QED) is 0.392. The van der Waals surface area contributed by atoms with E-state index in [9.17, 15) is 4.79 Å². The number of nitrogens with one attached hydrogen (secondary N) is 1. The summed E-state index contributed by atoms with van der Waals surface area (Å²) >= 11 is 5.96. The van der Waals surface area contributed by atoms with E-state index in [1.807, 2.05) is 60.7 Å². The molecule has 0 atom stereocenters. The highest BCUT2D eigenvalue weighted by molar-refractivity contribution is 6.30. The summed E-state index contributed by atoms with van der Waals surface area (Å²) in [4.78, 5) is 18.0. The van der Waals surface area contributed by atoms with Crippen LogP contribution in [0.15, 0.2) is 77.2 Å². The number of hydrogen-bond acceptors (Lipinski definition) is 3. The molecule has 4 nitrogen and oxygen atoms in total. The molecule has 31 heavy (non-hydrogen) atoms. The molecule has 0 spiro atoms. The highest BCUT2D eigenvalue weighted by atomic mass is 35.5. The van der Waals surface area contributed by atoms with Crippen molar-refractivity contribution in [2.24, 2.45) is 0 Å². The summed E-state index contributed by atoms with van der Waals surface area (Å²) in [6, 6.07) is 23.4. The first-order valence-electron chi connectivity index (χ1n) is 10.6. The van der Waals surface area contributed by atoms with Crippen molar-refractivity contribution in [1.82, 2.24) is 4.98 Å². The van der Waals surface area contributed by atoms with E-state index in [4.69, 9.17) is 16.0 Å². The predicted octanol–water partition coefficient (Wildman–Crippen LogP) is 6.52. The van der Waals surface area contributed by atoms with Gasteiger partial charge in [-0.1, -0.05) is 66.9 Å². The molecule has 0 unspecified atom stereocenters. The molecule has 1 amide bonds. The Bertz CT molecular complexity index is 1210. The van der Waals surface area contributed by atoms with Crippen molar-refractivity contribution in [3.05, 3.63) is 94.8 Å². The molecule has 156 valence electrons. The summed E-state index contributed by atoms with van der Waals surface area (Å²) in [6.45, 7) is 0. The summed E-state index contributed by atoms with van der Waals surface area (Å²) in [6.07, 6.45) is 4.47. The molecule has 1 N–H and O–H groups in total. The SMILES string of the molecule is O=C(Nc1ccc2oc(Cc3ccc(Cl)cc3)nc2c1)C1(c2ccccc2)CCCC1. The lowest BCUT2D eigenvalue weighted by molar-refractivity contribution is -0.121. The molecule has 1 aliphatic carbocycles. The number of nitrogens with zero attached hydrogens (tertiary/aromatic N) is 1. The third kappa shape index (κ3) is 3.96. The third-order valence-corrected chi connectivity index (χ3v) is 6.43. The Morgan fingerprint density at radius 2 is 1.74 bits per heavy atom. The predicted molar refractivity (Wildman–Crippen MR) is 123 cm³/mol. The highest BCUT2D eigenvalue weighted by Gasteiger charge is 2.42. The standard InChI is InChI=1S/C26H23ClN2O2/c27-20-10-8-18(9-11-20)16-24-29-22-17-21(12-13-23(22)31-24)28-25(30)26(14-4-5-15-26)19-6-2-1-3-7-19/h1-3,6-13,17H,4-5,14-16H2,(H,28,30). The van der Waals surface area contributed by atoms with E-state index >= 15 is 0 Å². The molecular weight excluding hydrogens is 408 g/mol. The average Bonchev–Trinajstić information content (AvgIpc) is 3.43. The van der Waals surface area contributed by atoms with Crippen LogP contribution in [0.3, 0.4) is 0 Å². The number of hydrogen-bond donors (Lipinski definition) is 1. The van der Waals surface area contributed by atoms with Crippen LogP contribution >= 0.6 is 11.6 Å². The molecule has 1 heterocycles. The number of fused-ring (bicyclic) bond motifs is 1. The Labute approximate surface area is 186 Å². The van der Waals surface area contributed by atoms with Crippen LogP contribution in [0.2, 0.25) is 5.02 Å². The first-order chi connectivity index (χ1) is 15.1. The molecule has 1 fully saturated rings. The van der Waals surface area contributed by atoms with Gasteiger partial charge >= 0.3 is 0 Å². The minimum atomic E-state index is -0.459. The normalized spacial score (nSPS) is 15.3. The Balaban J connectivity index is 1.37. The molecule has 0 radical (unpaired) electrons. The Hall–Kier alpha value is -3.11. The number of amides is 1. The number of anilines is 1. The van der Waals surface area contributed by atoms with Gasteiger partial charge in [0.2, 0.25) is 5.91 Å². The van der Waals surface area contributed by atoms with Crippen molar-refractivity contribution in [2.75, 3.05) is 5.32 Å². The van der Waals surface area contributed by atoms with E-state index in [0.717, 1.165) is 48.0 Å². The molecule has 1 aromatic heterocycles. The van der Waals surface area contributed by atoms with Gasteiger partial charge in [-0.25, -0.2) is 4.98 Å². The van der Waals surface area contributed by atoms with Crippen LogP contribution in [-0.4, -0.2) is 10.9 Å². The maximum absolute atomic E-state index is 13.4. The van der Waals surface area contributed by atoms with Crippen LogP contribution in [0.5, 0.6) is 0 Å². The van der Waals surface area contributed by atoms with Crippen LogP contribution in [0.25, 0.3) is 11.1 Å². The second kappa shape index (κ2) is 8.20. The number of oxazole rings is 1. The molecule has 3 aromatic carbocycles. The zero-order valence-corrected chi connectivity index (χ0v) is 17.9. The van der Waals surface area contributed by atoms with Gasteiger partial charge < -0.3 is 9.73 Å². The van der Waals surface area contributed by atoms with Gasteiger partial charge in [0.05, 0.1) is 5.41 Å². The molecular formula is C26H23ClN2O2. The van der Waals surface area contributed by atoms with Crippen molar-refractivity contribution in [2.45, 2.75) is 37.5 Å². The van der Waals surface area contributed by atoms with Gasteiger partial charge in [-0.15, -0.1) is 0 Å². The minimum absolute atomic E-state index is 0.0560. The van der Waals surface area contributed by atoms with Crippen molar-refractivity contribution in [3.8, 4) is 0 Å². The zero-order chi connectivity index (χ0) is 21.3. The second-order valence-corrected chi connectivity index (χ2v) is 8.64. The molecule has 0 bridgehead atoms. The van der Waals surface area contributed by atoms with Gasteiger partial charge in [0, 0.05) is 17.1 Å². The van der Waals surface area contributed by atoms with E-state index in [0.29, 0.717) is 22.9 Å². The smallest absolute Gasteiger partial charge is 0.235 e. The van der Waals surface area contributed by atoms with Crippen LogP contribution < -0.4 is 5.32 Å². The summed E-state index contributed by atoms with van der Waals surface area (Å²) < 4.78 is 5.89. The largest absolute Gasteiger partial charge is 0.440 e. The summed E-state index contributed by atoms with van der Waals surface area (Å²) in [7, 11) is 0. The molecule has 0 aliphatic heterocycles. The van der Waals surface area contributed by atoms with E-state index in [1.165, 1.54) is 0 Å². The third-order valence-electron chi connectivity index (χ3n) is 6.18. The molecule has 1 aliphatic rings. The second-order valence-electron chi connectivity index (χ2n) is 8.20. The van der Waals surface area contributed by atoms with Crippen LogP contribution in [0.4, 0.5) is 5.69 Å². The minimum Gasteiger partial charge on any atom is -0.440 e. The monoisotopic (exact) mass is 430 g/mol. The van der Waals surface area contributed by atoms with Crippen molar-refractivity contribution in [1.29, 1.82) is 0 Å². The van der Waals surface area contributed by atoms with E-state index in [1.54, 1.807) is 0 Å². The average molecular weight is 431 g/mol. The van der Waals surface area contributed by atoms with Crippen LogP contribution in [0, 0.1) is 0 Å². The number of halogens is 1. The maximum atomic E-state index is 13.4. The fourth-order valence-electron chi connectivity index (χ4n) is 4.54. The van der Waals surface area contributed by atoms with Gasteiger partial charge in [-0.2, -0.15) is 0 Å². The lowest BCUT2D eigenvalue weighted by Crippen LogP contribution is -2.37. The number of carbonyl (C=O) groups is 1. The fourth-order valence-corrected chi connectivity index (χ4v) is 4.66. The van der Waals surface area contributed by atoms with Gasteiger partial charge in [-0.3, -0.25) is 4.79 Å². The van der Waals surface area contributed by atoms with E-state index in [-0.39, 0.29) is 5.91 Å². The summed E-state index contributed by atoms with van der Waals surface area (Å²) in [5, 5.41) is 3.85. The first kappa shape index (κ1) is 19.8. The molecule has 4 aromatic rings. The number of carbonyl (C=O) groups excluding carboxylic acids is 1. The van der Waals surface area contributed by atoms with E-state index in [2.05, 4.69) is 22.4 Å². The molecule has 1 saturated carbocycles. The van der Waals surface area contributed by atoms with Crippen molar-refractivity contribution in [3.63, 3.8) is 0 Å². The van der Waals surface area contributed by atoms with Crippen LogP contribution in [0.1, 0.15) is 42.7 Å². The van der Waals surface area contributed by atoms with Crippen molar-refractivity contribution >= 4 is 34.3 Å². The molecule has 5 heteroatoms. The summed E-state index contributed by atoms with van der Waals surface area (Å²) in [5.41, 5.74) is 3.90. The summed E-state index contributed by atoms with van der Waals surface area (Å²) in [5.74, 6) is 0.692. The van der Waals surface area contributed by atoms with Gasteiger partial charge in [-0.05, 0) is 54.3 Å². The topological polar surface area (TPSA) is 55.1 Å². The first-order valence-corrected chi connectivity index (χ1v) is 11.0. The van der Waals surface area contributed by atoms with Gasteiger partial charge in [0.15, 0.2) is 11.5 Å². The zero-order valence-electron chi connectivity index (χ0n) is 17.1. The van der Waals surface area contributed by atoms with E-state index < -0.39 is 5.41 Å². The van der Waals surface area contributed by atoms with Gasteiger partial charge in [0.25, 0.3) is 0 Å². The number of rotatable bonds is 5. The van der Waals surface area contributed by atoms with Gasteiger partial charge in [0.1, 0.15) is 5.52 Å². The van der Waals surface area contributed by atoms with Crippen molar-refractivity contribution < 1.29 is 9.21 Å². The Morgan fingerprint density at radius 3 is 2.48 bits per heavy atom. The number of aromatic nitrogens is 1. The molecule has 0 saturated heterocycles.